The van der Waals surface area contributed by atoms with Crippen molar-refractivity contribution < 1.29 is 18.3 Å². The zero-order valence-electron chi connectivity index (χ0n) is 13.2. The van der Waals surface area contributed by atoms with Gasteiger partial charge in [-0.15, -0.1) is 0 Å². The van der Waals surface area contributed by atoms with E-state index in [1.165, 1.54) is 18.6 Å². The first-order valence-corrected chi connectivity index (χ1v) is 8.03. The molecule has 0 bridgehead atoms. The average Bonchev–Trinajstić information content (AvgIpc) is 2.54. The molecule has 0 unspecified atom stereocenters. The van der Waals surface area contributed by atoms with Crippen LogP contribution < -0.4 is 15.8 Å². The normalized spacial score (nSPS) is 17.0. The number of ether oxygens (including phenoxy) is 1. The zero-order valence-corrected chi connectivity index (χ0v) is 13.2. The molecular formula is C17H24F2N2O2. The van der Waals surface area contributed by atoms with Crippen LogP contribution in [0.3, 0.4) is 0 Å². The number of nitrogens with one attached hydrogen (secondary N) is 1. The van der Waals surface area contributed by atoms with E-state index in [2.05, 4.69) is 10.1 Å². The lowest BCUT2D eigenvalue weighted by atomic mass is 9.71. The van der Waals surface area contributed by atoms with Gasteiger partial charge < -0.3 is 15.8 Å². The molecule has 0 atom stereocenters. The molecule has 0 spiro atoms. The van der Waals surface area contributed by atoms with Crippen molar-refractivity contribution in [1.29, 1.82) is 0 Å². The molecule has 1 aromatic carbocycles. The van der Waals surface area contributed by atoms with Crippen molar-refractivity contribution in [3.8, 4) is 5.75 Å². The highest BCUT2D eigenvalue weighted by atomic mass is 19.3. The molecule has 0 saturated heterocycles. The number of nitrogens with two attached hydrogens (primary N) is 1. The Bertz CT molecular complexity index is 500. The van der Waals surface area contributed by atoms with Crippen LogP contribution in [-0.2, 0) is 11.3 Å². The summed E-state index contributed by atoms with van der Waals surface area (Å²) in [6, 6.07) is 6.26. The fourth-order valence-electron chi connectivity index (χ4n) is 3.15. The molecule has 3 N–H and O–H groups in total. The van der Waals surface area contributed by atoms with Gasteiger partial charge in [-0.05, 0) is 42.5 Å². The molecule has 1 saturated carbocycles. The second kappa shape index (κ2) is 8.24. The summed E-state index contributed by atoms with van der Waals surface area (Å²) in [5.41, 5.74) is 6.68. The molecule has 6 heteroatoms. The van der Waals surface area contributed by atoms with Gasteiger partial charge in [0.15, 0.2) is 0 Å². The number of hydrogen-bond acceptors (Lipinski definition) is 3. The minimum Gasteiger partial charge on any atom is -0.435 e. The van der Waals surface area contributed by atoms with Gasteiger partial charge in [0.05, 0.1) is 0 Å². The Morgan fingerprint density at radius 3 is 2.43 bits per heavy atom. The SMILES string of the molecule is NCC1(CC(=O)NCc2ccc(OC(F)F)cc2)CCCCC1. The summed E-state index contributed by atoms with van der Waals surface area (Å²) in [7, 11) is 0. The monoisotopic (exact) mass is 326 g/mol. The summed E-state index contributed by atoms with van der Waals surface area (Å²) < 4.78 is 28.4. The Labute approximate surface area is 135 Å². The van der Waals surface area contributed by atoms with Crippen LogP contribution in [-0.4, -0.2) is 19.1 Å². The second-order valence-corrected chi connectivity index (χ2v) is 6.24. The maximum absolute atomic E-state index is 12.2. The minimum absolute atomic E-state index is 0.00902. The largest absolute Gasteiger partial charge is 0.435 e. The van der Waals surface area contributed by atoms with Crippen LogP contribution in [0.25, 0.3) is 0 Å². The maximum Gasteiger partial charge on any atom is 0.387 e. The molecule has 0 aliphatic heterocycles. The van der Waals surface area contributed by atoms with Crippen LogP contribution >= 0.6 is 0 Å². The van der Waals surface area contributed by atoms with Crippen molar-refractivity contribution in [2.75, 3.05) is 6.54 Å². The van der Waals surface area contributed by atoms with E-state index in [4.69, 9.17) is 5.73 Å². The second-order valence-electron chi connectivity index (χ2n) is 6.24. The third-order valence-corrected chi connectivity index (χ3v) is 4.52. The van der Waals surface area contributed by atoms with Gasteiger partial charge in [0.2, 0.25) is 5.91 Å². The highest BCUT2D eigenvalue weighted by molar-refractivity contribution is 5.76. The van der Waals surface area contributed by atoms with Gasteiger partial charge in [0.25, 0.3) is 0 Å². The van der Waals surface area contributed by atoms with E-state index in [-0.39, 0.29) is 17.1 Å². The molecule has 0 heterocycles. The molecule has 0 aromatic heterocycles. The van der Waals surface area contributed by atoms with Crippen molar-refractivity contribution in [2.45, 2.75) is 51.7 Å². The van der Waals surface area contributed by atoms with E-state index in [0.717, 1.165) is 31.2 Å². The van der Waals surface area contributed by atoms with Crippen molar-refractivity contribution in [3.05, 3.63) is 29.8 Å². The van der Waals surface area contributed by atoms with Crippen molar-refractivity contribution in [1.82, 2.24) is 5.32 Å². The van der Waals surface area contributed by atoms with Crippen LogP contribution in [0.4, 0.5) is 8.78 Å². The van der Waals surface area contributed by atoms with Gasteiger partial charge in [-0.2, -0.15) is 8.78 Å². The van der Waals surface area contributed by atoms with Crippen LogP contribution in [0.5, 0.6) is 5.75 Å². The number of halogens is 2. The fourth-order valence-corrected chi connectivity index (χ4v) is 3.15. The molecule has 1 aromatic rings. The van der Waals surface area contributed by atoms with Crippen LogP contribution in [0.2, 0.25) is 0 Å². The van der Waals surface area contributed by atoms with Crippen LogP contribution in [0, 0.1) is 5.41 Å². The Kier molecular flexibility index (Phi) is 6.33. The van der Waals surface area contributed by atoms with E-state index in [1.807, 2.05) is 0 Å². The highest BCUT2D eigenvalue weighted by Gasteiger charge is 2.32. The number of carbonyl (C=O) groups is 1. The van der Waals surface area contributed by atoms with Crippen LogP contribution in [0.15, 0.2) is 24.3 Å². The molecule has 1 aliphatic rings. The topological polar surface area (TPSA) is 64.4 Å². The van der Waals surface area contributed by atoms with Crippen LogP contribution in [0.1, 0.15) is 44.1 Å². The van der Waals surface area contributed by atoms with E-state index in [9.17, 15) is 13.6 Å². The minimum atomic E-state index is -2.83. The van der Waals surface area contributed by atoms with E-state index < -0.39 is 6.61 Å². The Morgan fingerprint density at radius 1 is 1.22 bits per heavy atom. The standard InChI is InChI=1S/C17H24F2N2O2/c18-16(19)23-14-6-4-13(5-7-14)11-21-15(22)10-17(12-20)8-2-1-3-9-17/h4-7,16H,1-3,8-12,20H2,(H,21,22). The molecule has 23 heavy (non-hydrogen) atoms. The summed E-state index contributed by atoms with van der Waals surface area (Å²) >= 11 is 0. The fraction of sp³-hybridized carbons (Fsp3) is 0.588. The lowest BCUT2D eigenvalue weighted by Crippen LogP contribution is -2.38. The third kappa shape index (κ3) is 5.46. The first-order valence-electron chi connectivity index (χ1n) is 8.03. The van der Waals surface area contributed by atoms with Gasteiger partial charge in [-0.1, -0.05) is 31.4 Å². The number of benzene rings is 1. The Hall–Kier alpha value is -1.69. The summed E-state index contributed by atoms with van der Waals surface area (Å²) in [5, 5.41) is 2.88. The van der Waals surface area contributed by atoms with E-state index >= 15 is 0 Å². The summed E-state index contributed by atoms with van der Waals surface area (Å²) in [6.07, 6.45) is 5.96. The van der Waals surface area contributed by atoms with Gasteiger partial charge in [0.1, 0.15) is 5.75 Å². The molecule has 128 valence electrons. The highest BCUT2D eigenvalue weighted by Crippen LogP contribution is 2.38. The number of hydrogen-bond donors (Lipinski definition) is 2. The van der Waals surface area contributed by atoms with Gasteiger partial charge >= 0.3 is 6.61 Å². The predicted molar refractivity (Wildman–Crippen MR) is 84.1 cm³/mol. The molecule has 0 radical (unpaired) electrons. The molecule has 1 aliphatic carbocycles. The summed E-state index contributed by atoms with van der Waals surface area (Å²) in [4.78, 5) is 12.2. The van der Waals surface area contributed by atoms with E-state index in [1.54, 1.807) is 12.1 Å². The molecule has 1 fully saturated rings. The van der Waals surface area contributed by atoms with Gasteiger partial charge in [-0.25, -0.2) is 0 Å². The average molecular weight is 326 g/mol. The van der Waals surface area contributed by atoms with Crippen molar-refractivity contribution in [2.24, 2.45) is 11.1 Å². The quantitative estimate of drug-likeness (QED) is 0.809. The lowest BCUT2D eigenvalue weighted by molar-refractivity contribution is -0.124. The number of amides is 1. The maximum atomic E-state index is 12.2. The molecule has 1 amide bonds. The van der Waals surface area contributed by atoms with E-state index in [0.29, 0.717) is 19.5 Å². The molecule has 2 rings (SSSR count). The van der Waals surface area contributed by atoms with Crippen molar-refractivity contribution >= 4 is 5.91 Å². The van der Waals surface area contributed by atoms with Gasteiger partial charge in [0, 0.05) is 13.0 Å². The Morgan fingerprint density at radius 2 is 1.87 bits per heavy atom. The summed E-state index contributed by atoms with van der Waals surface area (Å²) in [5.74, 6) is 0.102. The number of alkyl halides is 2. The third-order valence-electron chi connectivity index (χ3n) is 4.52. The summed E-state index contributed by atoms with van der Waals surface area (Å²) in [6.45, 7) is -1.92. The Balaban J connectivity index is 1.81. The molecule has 4 nitrogen and oxygen atoms in total. The first kappa shape index (κ1) is 17.7. The first-order chi connectivity index (χ1) is 11.0. The number of carbonyl (C=O) groups excluding carboxylic acids is 1. The van der Waals surface area contributed by atoms with Crippen molar-refractivity contribution in [3.63, 3.8) is 0 Å². The smallest absolute Gasteiger partial charge is 0.387 e. The lowest BCUT2D eigenvalue weighted by Gasteiger charge is -2.35. The van der Waals surface area contributed by atoms with Gasteiger partial charge in [-0.3, -0.25) is 4.79 Å². The zero-order chi connectivity index (χ0) is 16.7. The molecular weight excluding hydrogens is 302 g/mol. The predicted octanol–water partition coefficient (Wildman–Crippen LogP) is 3.20. The number of rotatable bonds is 7.